The van der Waals surface area contributed by atoms with Gasteiger partial charge in [-0.2, -0.15) is 0 Å². The second-order valence-corrected chi connectivity index (χ2v) is 10.7. The van der Waals surface area contributed by atoms with E-state index in [1.807, 2.05) is 0 Å². The fourth-order valence-electron chi connectivity index (χ4n) is 2.53. The monoisotopic (exact) mass is 582 g/mol. The van der Waals surface area contributed by atoms with Crippen molar-refractivity contribution >= 4 is 44.5 Å². The number of carbonyl (C=O) groups is 4. The van der Waals surface area contributed by atoms with Gasteiger partial charge in [0.2, 0.25) is 0 Å². The molecule has 33 heavy (non-hydrogen) atoms. The zero-order chi connectivity index (χ0) is 25.3. The second-order valence-electron chi connectivity index (χ2n) is 7.53. The summed E-state index contributed by atoms with van der Waals surface area (Å²) in [7, 11) is 2.48. The van der Waals surface area contributed by atoms with E-state index in [0.717, 1.165) is 0 Å². The third kappa shape index (κ3) is 8.37. The van der Waals surface area contributed by atoms with Crippen molar-refractivity contribution in [3.8, 4) is 11.5 Å². The Morgan fingerprint density at radius 1 is 0.727 bits per heavy atom. The minimum atomic E-state index is -3.52. The van der Waals surface area contributed by atoms with Gasteiger partial charge in [0.25, 0.3) is 0 Å². The van der Waals surface area contributed by atoms with E-state index in [-0.39, 0.29) is 26.9 Å². The van der Waals surface area contributed by atoms with Crippen molar-refractivity contribution in [3.05, 3.63) is 21.8 Å². The fourth-order valence-corrected chi connectivity index (χ4v) is 5.67. The summed E-state index contributed by atoms with van der Waals surface area (Å²) in [5.41, 5.74) is 0. The first-order valence-corrected chi connectivity index (χ1v) is 13.0. The summed E-state index contributed by atoms with van der Waals surface area (Å²) in [5.74, 6) is -2.92. The van der Waals surface area contributed by atoms with E-state index in [0.29, 0.717) is 0 Å². The van der Waals surface area contributed by atoms with Gasteiger partial charge in [0.05, 0.1) is 0 Å². The molecular formula is C22H31IO10. The van der Waals surface area contributed by atoms with Gasteiger partial charge in [0.1, 0.15) is 0 Å². The van der Waals surface area contributed by atoms with Crippen LogP contribution < -0.4 is 9.47 Å². The Balaban J connectivity index is 3.68. The Labute approximate surface area is 201 Å². The van der Waals surface area contributed by atoms with Gasteiger partial charge in [0.15, 0.2) is 0 Å². The first kappa shape index (κ1) is 28.5. The van der Waals surface area contributed by atoms with Gasteiger partial charge in [-0.05, 0) is 0 Å². The maximum absolute atomic E-state index is 12.3. The van der Waals surface area contributed by atoms with Crippen molar-refractivity contribution in [2.75, 3.05) is 14.2 Å². The van der Waals surface area contributed by atoms with Crippen LogP contribution in [-0.4, -0.2) is 50.3 Å². The molecule has 0 radical (unpaired) electrons. The van der Waals surface area contributed by atoms with E-state index in [4.69, 9.17) is 25.1 Å². The number of halogens is 1. The summed E-state index contributed by atoms with van der Waals surface area (Å²) in [6, 6.07) is 4.63. The van der Waals surface area contributed by atoms with Crippen LogP contribution in [0.2, 0.25) is 0 Å². The zero-order valence-corrected chi connectivity index (χ0v) is 22.2. The molecule has 0 saturated carbocycles. The molecule has 0 amide bonds. The molecule has 2 atom stereocenters. The topological polar surface area (TPSA) is 124 Å². The van der Waals surface area contributed by atoms with Crippen LogP contribution in [-0.2, 0) is 34.8 Å². The molecule has 1 aromatic carbocycles. The number of methoxy groups -OCH3 is 2. The summed E-state index contributed by atoms with van der Waals surface area (Å²) >= 11 is -3.52. The van der Waals surface area contributed by atoms with Crippen LogP contribution in [0.5, 0.6) is 11.5 Å². The Morgan fingerprint density at radius 2 is 1.09 bits per heavy atom. The van der Waals surface area contributed by atoms with E-state index < -0.39 is 56.7 Å². The number of esters is 2. The van der Waals surface area contributed by atoms with Gasteiger partial charge >= 0.3 is 202 Å². The van der Waals surface area contributed by atoms with Crippen molar-refractivity contribution in [1.82, 2.24) is 0 Å². The second kappa shape index (κ2) is 13.2. The number of hydrogen-bond acceptors (Lipinski definition) is 10. The standard InChI is InChI=1S/C22H31IO10/c1-12(2)19(21(26)28-7)30-16-10-9-11-17(31-20(13(3)4)22(27)29-8)18(16)23(32-14(5)24)33-15(6)25/h9-13,19-20H,1-8H3/t19-,20-/m1/s1. The molecule has 0 N–H and O–H groups in total. The van der Waals surface area contributed by atoms with Crippen LogP contribution in [0, 0.1) is 15.4 Å². The quantitative estimate of drug-likeness (QED) is 0.283. The molecule has 0 aliphatic heterocycles. The molecule has 186 valence electrons. The molecular weight excluding hydrogens is 551 g/mol. The molecule has 0 spiro atoms. The van der Waals surface area contributed by atoms with Crippen LogP contribution in [0.15, 0.2) is 18.2 Å². The summed E-state index contributed by atoms with van der Waals surface area (Å²) < 4.78 is 32.5. The van der Waals surface area contributed by atoms with E-state index in [1.165, 1.54) is 40.2 Å². The third-order valence-electron chi connectivity index (χ3n) is 4.03. The number of rotatable bonds is 11. The predicted molar refractivity (Wildman–Crippen MR) is 125 cm³/mol. The van der Waals surface area contributed by atoms with Crippen LogP contribution in [0.25, 0.3) is 0 Å². The summed E-state index contributed by atoms with van der Waals surface area (Å²) in [6.45, 7) is 9.41. The molecule has 10 nitrogen and oxygen atoms in total. The summed E-state index contributed by atoms with van der Waals surface area (Å²) in [5, 5.41) is 0. The van der Waals surface area contributed by atoms with Crippen LogP contribution in [0.1, 0.15) is 41.5 Å². The van der Waals surface area contributed by atoms with Gasteiger partial charge < -0.3 is 0 Å². The Kier molecular flexibility index (Phi) is 11.4. The number of benzene rings is 1. The summed E-state index contributed by atoms with van der Waals surface area (Å²) in [6.07, 6.45) is -2.00. The molecule has 11 heteroatoms. The Hall–Kier alpha value is -2.57. The molecule has 0 heterocycles. The maximum atomic E-state index is 12.3. The zero-order valence-electron chi connectivity index (χ0n) is 20.0. The van der Waals surface area contributed by atoms with Crippen molar-refractivity contribution in [2.45, 2.75) is 53.8 Å². The van der Waals surface area contributed by atoms with E-state index >= 15 is 0 Å². The number of hydrogen-bond donors (Lipinski definition) is 0. The predicted octanol–water partition coefficient (Wildman–Crippen LogP) is 3.47. The normalized spacial score (nSPS) is 13.0. The molecule has 0 unspecified atom stereocenters. The minimum absolute atomic E-state index is 0.108. The molecule has 0 aliphatic carbocycles. The molecule has 0 bridgehead atoms. The number of carbonyl (C=O) groups excluding carboxylic acids is 4. The average Bonchev–Trinajstić information content (AvgIpc) is 2.73. The average molecular weight is 582 g/mol. The molecule has 0 aromatic heterocycles. The van der Waals surface area contributed by atoms with E-state index in [1.54, 1.807) is 33.8 Å². The third-order valence-corrected chi connectivity index (χ3v) is 8.01. The molecule has 1 rings (SSSR count). The van der Waals surface area contributed by atoms with Crippen molar-refractivity contribution in [2.24, 2.45) is 11.8 Å². The molecule has 1 aromatic rings. The summed E-state index contributed by atoms with van der Waals surface area (Å²) in [4.78, 5) is 48.1. The van der Waals surface area contributed by atoms with Crippen LogP contribution >= 0.6 is 20.6 Å². The fraction of sp³-hybridized carbons (Fsp3) is 0.545. The molecule has 0 fully saturated rings. The first-order valence-electron chi connectivity index (χ1n) is 10.1. The van der Waals surface area contributed by atoms with Gasteiger partial charge in [-0.3, -0.25) is 0 Å². The van der Waals surface area contributed by atoms with Gasteiger partial charge in [0, 0.05) is 0 Å². The Morgan fingerprint density at radius 3 is 1.36 bits per heavy atom. The van der Waals surface area contributed by atoms with E-state index in [9.17, 15) is 19.2 Å². The van der Waals surface area contributed by atoms with E-state index in [2.05, 4.69) is 0 Å². The van der Waals surface area contributed by atoms with Crippen molar-refractivity contribution in [3.63, 3.8) is 0 Å². The van der Waals surface area contributed by atoms with Gasteiger partial charge in [-0.15, -0.1) is 0 Å². The molecule has 0 aliphatic rings. The Bertz CT molecular complexity index is 787. The van der Waals surface area contributed by atoms with Crippen molar-refractivity contribution in [1.29, 1.82) is 0 Å². The molecule has 0 saturated heterocycles. The van der Waals surface area contributed by atoms with Crippen LogP contribution in [0.4, 0.5) is 0 Å². The van der Waals surface area contributed by atoms with Crippen LogP contribution in [0.3, 0.4) is 0 Å². The first-order chi connectivity index (χ1) is 15.4. The number of ether oxygens (including phenoxy) is 4. The van der Waals surface area contributed by atoms with Crippen molar-refractivity contribution < 1.29 is 44.3 Å². The van der Waals surface area contributed by atoms with Gasteiger partial charge in [-0.25, -0.2) is 0 Å². The SMILES string of the molecule is COC(=O)[C@H](Oc1cccc(O[C@@H](C(=O)OC)C(C)C)c1I(OC(C)=O)OC(C)=O)C(C)C. The van der Waals surface area contributed by atoms with Gasteiger partial charge in [-0.1, -0.05) is 0 Å².